The van der Waals surface area contributed by atoms with Gasteiger partial charge in [-0.25, -0.2) is 0 Å². The Bertz CT molecular complexity index is 1020. The molecule has 0 saturated carbocycles. The minimum absolute atomic E-state index is 0.0359. The van der Waals surface area contributed by atoms with Crippen molar-refractivity contribution in [1.29, 1.82) is 0 Å². The molecule has 1 fully saturated rings. The molecule has 2 amide bonds. The number of hydrogen-bond donors (Lipinski definition) is 1. The smallest absolute Gasteiger partial charge is 0.416 e. The van der Waals surface area contributed by atoms with Gasteiger partial charge in [-0.15, -0.1) is 0 Å². The summed E-state index contributed by atoms with van der Waals surface area (Å²) in [4.78, 5) is 38.1. The molecule has 170 valence electrons. The van der Waals surface area contributed by atoms with Crippen LogP contribution in [-0.4, -0.2) is 35.8 Å². The van der Waals surface area contributed by atoms with Crippen LogP contribution < -0.4 is 5.32 Å². The van der Waals surface area contributed by atoms with Crippen LogP contribution in [0.15, 0.2) is 42.5 Å². The lowest BCUT2D eigenvalue weighted by molar-refractivity contribution is -0.151. The van der Waals surface area contributed by atoms with E-state index in [1.807, 2.05) is 31.2 Å². The van der Waals surface area contributed by atoms with Crippen molar-refractivity contribution in [1.82, 2.24) is 4.90 Å². The van der Waals surface area contributed by atoms with Gasteiger partial charge in [0.2, 0.25) is 5.91 Å². The van der Waals surface area contributed by atoms with Gasteiger partial charge in [-0.2, -0.15) is 13.2 Å². The van der Waals surface area contributed by atoms with E-state index in [1.54, 1.807) is 4.90 Å². The molecule has 6 nitrogen and oxygen atoms in total. The molecular weight excluding hydrogens is 449 g/mol. The first kappa shape index (κ1) is 23.6. The topological polar surface area (TPSA) is 75.7 Å². The van der Waals surface area contributed by atoms with Crippen molar-refractivity contribution < 1.29 is 32.3 Å². The Morgan fingerprint density at radius 1 is 1.19 bits per heavy atom. The Labute approximate surface area is 187 Å². The molecule has 2 aromatic rings. The van der Waals surface area contributed by atoms with Crippen LogP contribution in [0.1, 0.15) is 23.1 Å². The predicted octanol–water partition coefficient (Wildman–Crippen LogP) is 4.20. The summed E-state index contributed by atoms with van der Waals surface area (Å²) in [6, 6.07) is 10.2. The van der Waals surface area contributed by atoms with Gasteiger partial charge < -0.3 is 15.0 Å². The van der Waals surface area contributed by atoms with Gasteiger partial charge >= 0.3 is 12.1 Å². The van der Waals surface area contributed by atoms with E-state index in [1.165, 1.54) is 0 Å². The van der Waals surface area contributed by atoms with Crippen LogP contribution in [-0.2, 0) is 31.8 Å². The first-order valence-corrected chi connectivity index (χ1v) is 10.1. The monoisotopic (exact) mass is 468 g/mol. The van der Waals surface area contributed by atoms with Gasteiger partial charge in [0.05, 0.1) is 22.2 Å². The van der Waals surface area contributed by atoms with Crippen LogP contribution in [0.3, 0.4) is 0 Å². The molecule has 0 spiro atoms. The number of benzene rings is 2. The summed E-state index contributed by atoms with van der Waals surface area (Å²) in [5, 5.41) is 2.11. The quantitative estimate of drug-likeness (QED) is 0.645. The van der Waals surface area contributed by atoms with E-state index in [4.69, 9.17) is 16.3 Å². The second-order valence-corrected chi connectivity index (χ2v) is 7.92. The number of anilines is 1. The minimum atomic E-state index is -4.60. The average molecular weight is 469 g/mol. The second-order valence-electron chi connectivity index (χ2n) is 7.51. The summed E-state index contributed by atoms with van der Waals surface area (Å²) in [6.45, 7) is 1.76. The highest BCUT2D eigenvalue weighted by molar-refractivity contribution is 6.33. The molecule has 1 atom stereocenters. The van der Waals surface area contributed by atoms with E-state index < -0.39 is 36.1 Å². The van der Waals surface area contributed by atoms with E-state index in [-0.39, 0.29) is 29.6 Å². The number of carbonyl (C=O) groups excluding carboxylic acids is 3. The number of likely N-dealkylation sites (tertiary alicyclic amines) is 1. The zero-order valence-corrected chi connectivity index (χ0v) is 17.8. The molecule has 0 aromatic heterocycles. The summed E-state index contributed by atoms with van der Waals surface area (Å²) in [5.41, 5.74) is 0.790. The molecule has 10 heteroatoms. The number of alkyl halides is 3. The molecule has 1 N–H and O–H groups in total. The lowest BCUT2D eigenvalue weighted by Gasteiger charge is -2.16. The first-order valence-electron chi connectivity index (χ1n) is 9.69. The molecule has 1 heterocycles. The highest BCUT2D eigenvalue weighted by Crippen LogP contribution is 2.33. The molecule has 2 aromatic carbocycles. The van der Waals surface area contributed by atoms with E-state index in [2.05, 4.69) is 5.32 Å². The van der Waals surface area contributed by atoms with Crippen molar-refractivity contribution >= 4 is 35.1 Å². The minimum Gasteiger partial charge on any atom is -0.455 e. The maximum Gasteiger partial charge on any atom is 0.416 e. The second kappa shape index (κ2) is 9.60. The highest BCUT2D eigenvalue weighted by atomic mass is 35.5. The average Bonchev–Trinajstić information content (AvgIpc) is 3.09. The third-order valence-electron chi connectivity index (χ3n) is 4.96. The lowest BCUT2D eigenvalue weighted by atomic mass is 10.1. The number of amides is 2. The summed E-state index contributed by atoms with van der Waals surface area (Å²) >= 11 is 5.83. The number of rotatable bonds is 6. The molecule has 3 rings (SSSR count). The Morgan fingerprint density at radius 3 is 2.53 bits per heavy atom. The van der Waals surface area contributed by atoms with Crippen LogP contribution in [0.4, 0.5) is 18.9 Å². The van der Waals surface area contributed by atoms with Crippen LogP contribution in [0.2, 0.25) is 5.02 Å². The highest BCUT2D eigenvalue weighted by Gasteiger charge is 2.35. The van der Waals surface area contributed by atoms with Crippen molar-refractivity contribution in [2.75, 3.05) is 18.5 Å². The summed E-state index contributed by atoms with van der Waals surface area (Å²) in [5.74, 6) is -2.50. The largest absolute Gasteiger partial charge is 0.455 e. The number of carbonyl (C=O) groups is 3. The molecule has 0 radical (unpaired) electrons. The molecule has 0 bridgehead atoms. The lowest BCUT2D eigenvalue weighted by Crippen LogP contribution is -2.28. The fourth-order valence-corrected chi connectivity index (χ4v) is 3.40. The van der Waals surface area contributed by atoms with Crippen molar-refractivity contribution in [2.45, 2.75) is 26.1 Å². The van der Waals surface area contributed by atoms with Gasteiger partial charge in [0, 0.05) is 19.5 Å². The number of esters is 1. The fraction of sp³-hybridized carbons (Fsp3) is 0.318. The molecule has 0 aliphatic carbocycles. The summed E-state index contributed by atoms with van der Waals surface area (Å²) in [7, 11) is 0. The SMILES string of the molecule is Cc1ccc(CN2C[C@@H](C(=O)OCC(=O)Nc3cc(C(F)(F)F)ccc3Cl)CC2=O)cc1. The number of halogens is 4. The molecule has 1 saturated heterocycles. The third-order valence-corrected chi connectivity index (χ3v) is 5.28. The van der Waals surface area contributed by atoms with E-state index in [9.17, 15) is 27.6 Å². The van der Waals surface area contributed by atoms with E-state index >= 15 is 0 Å². The molecule has 32 heavy (non-hydrogen) atoms. The van der Waals surface area contributed by atoms with Gasteiger partial charge in [-0.1, -0.05) is 41.4 Å². The molecule has 1 aliphatic heterocycles. The van der Waals surface area contributed by atoms with Crippen molar-refractivity contribution in [3.05, 3.63) is 64.2 Å². The standard InChI is InChI=1S/C22H20ClF3N2O4/c1-13-2-4-14(5-3-13)10-28-11-15(8-20(28)30)21(31)32-12-19(29)27-18-9-16(22(24,25)26)6-7-17(18)23/h2-7,9,15H,8,10-12H2,1H3,(H,27,29)/t15-/m0/s1. The Morgan fingerprint density at radius 2 is 1.88 bits per heavy atom. The summed E-state index contributed by atoms with van der Waals surface area (Å²) in [6.07, 6.45) is -4.64. The molecule has 0 unspecified atom stereocenters. The van der Waals surface area contributed by atoms with Crippen LogP contribution in [0.5, 0.6) is 0 Å². The van der Waals surface area contributed by atoms with Gasteiger partial charge in [0.1, 0.15) is 0 Å². The number of aryl methyl sites for hydroxylation is 1. The Hall–Kier alpha value is -3.07. The normalized spacial score (nSPS) is 16.2. The maximum absolute atomic E-state index is 12.8. The zero-order valence-electron chi connectivity index (χ0n) is 17.0. The number of nitrogens with one attached hydrogen (secondary N) is 1. The third kappa shape index (κ3) is 6.00. The zero-order chi connectivity index (χ0) is 23.5. The van der Waals surface area contributed by atoms with Crippen molar-refractivity contribution in [2.24, 2.45) is 5.92 Å². The number of nitrogens with zero attached hydrogens (tertiary/aromatic N) is 1. The maximum atomic E-state index is 12.8. The first-order chi connectivity index (χ1) is 15.0. The molecule has 1 aliphatic rings. The number of ether oxygens (including phenoxy) is 1. The van der Waals surface area contributed by atoms with Gasteiger partial charge in [-0.05, 0) is 30.7 Å². The van der Waals surface area contributed by atoms with E-state index in [0.29, 0.717) is 12.6 Å². The Kier molecular flexibility index (Phi) is 7.08. The van der Waals surface area contributed by atoms with Crippen molar-refractivity contribution in [3.8, 4) is 0 Å². The predicted molar refractivity (Wildman–Crippen MR) is 111 cm³/mol. The van der Waals surface area contributed by atoms with Crippen LogP contribution in [0, 0.1) is 12.8 Å². The summed E-state index contributed by atoms with van der Waals surface area (Å²) < 4.78 is 43.4. The fourth-order valence-electron chi connectivity index (χ4n) is 3.23. The van der Waals surface area contributed by atoms with Crippen molar-refractivity contribution in [3.63, 3.8) is 0 Å². The Balaban J connectivity index is 1.52. The van der Waals surface area contributed by atoms with Gasteiger partial charge in [0.25, 0.3) is 5.91 Å². The van der Waals surface area contributed by atoms with Gasteiger partial charge in [0.15, 0.2) is 6.61 Å². The van der Waals surface area contributed by atoms with Gasteiger partial charge in [-0.3, -0.25) is 14.4 Å². The van der Waals surface area contributed by atoms with Crippen LogP contribution in [0.25, 0.3) is 0 Å². The van der Waals surface area contributed by atoms with E-state index in [0.717, 1.165) is 23.3 Å². The van der Waals surface area contributed by atoms with Crippen LogP contribution >= 0.6 is 11.6 Å². The number of hydrogen-bond acceptors (Lipinski definition) is 4. The molecular formula is C22H20ClF3N2O4.